The number of aliphatic carboxylic acids is 1. The van der Waals surface area contributed by atoms with Crippen molar-refractivity contribution in [2.75, 3.05) is 19.7 Å². The highest BCUT2D eigenvalue weighted by molar-refractivity contribution is 5.86. The van der Waals surface area contributed by atoms with Crippen molar-refractivity contribution in [2.45, 2.75) is 43.7 Å². The first kappa shape index (κ1) is 23.4. The van der Waals surface area contributed by atoms with Crippen LogP contribution in [-0.2, 0) is 14.3 Å². The second-order valence-corrected chi connectivity index (χ2v) is 9.87. The lowest BCUT2D eigenvalue weighted by molar-refractivity contribution is -0.149. The maximum atomic E-state index is 13.3. The predicted molar refractivity (Wildman–Crippen MR) is 128 cm³/mol. The number of benzene rings is 2. The van der Waals surface area contributed by atoms with Crippen molar-refractivity contribution in [1.29, 1.82) is 0 Å². The molecule has 3 N–H and O–H groups in total. The number of rotatable bonds is 7. The van der Waals surface area contributed by atoms with Crippen molar-refractivity contribution in [3.63, 3.8) is 0 Å². The van der Waals surface area contributed by atoms with Gasteiger partial charge in [0.1, 0.15) is 12.6 Å². The maximum Gasteiger partial charge on any atom is 0.407 e. The first-order valence-corrected chi connectivity index (χ1v) is 12.2. The number of piperidine rings is 1. The Labute approximate surface area is 203 Å². The Morgan fingerprint density at radius 1 is 1.00 bits per heavy atom. The molecule has 0 radical (unpaired) electrons. The van der Waals surface area contributed by atoms with Gasteiger partial charge in [0.15, 0.2) is 0 Å². The highest BCUT2D eigenvalue weighted by Gasteiger charge is 2.38. The minimum Gasteiger partial charge on any atom is -0.481 e. The van der Waals surface area contributed by atoms with E-state index in [9.17, 15) is 24.6 Å². The molecule has 184 valence electrons. The largest absolute Gasteiger partial charge is 0.481 e. The Hall–Kier alpha value is -3.39. The summed E-state index contributed by atoms with van der Waals surface area (Å²) in [5.74, 6) is -1.96. The molecule has 8 heteroatoms. The predicted octanol–water partition coefficient (Wildman–Crippen LogP) is 2.99. The molecule has 3 aliphatic rings. The normalized spacial score (nSPS) is 22.1. The summed E-state index contributed by atoms with van der Waals surface area (Å²) in [6.45, 7) is 0.239. The van der Waals surface area contributed by atoms with Gasteiger partial charge in [-0.3, -0.25) is 9.59 Å². The van der Waals surface area contributed by atoms with Gasteiger partial charge in [-0.15, -0.1) is 0 Å². The Kier molecular flexibility index (Phi) is 6.47. The molecule has 3 unspecified atom stereocenters. The molecule has 0 spiro atoms. The van der Waals surface area contributed by atoms with Gasteiger partial charge >= 0.3 is 12.1 Å². The van der Waals surface area contributed by atoms with Crippen LogP contribution in [0.15, 0.2) is 48.5 Å². The average molecular weight is 479 g/mol. The number of likely N-dealkylation sites (tertiary alicyclic amines) is 1. The van der Waals surface area contributed by atoms with E-state index in [0.717, 1.165) is 35.1 Å². The average Bonchev–Trinajstić information content (AvgIpc) is 3.62. The number of hydrogen-bond acceptors (Lipinski definition) is 5. The summed E-state index contributed by atoms with van der Waals surface area (Å²) < 4.78 is 5.63. The molecule has 1 saturated heterocycles. The molecule has 8 nitrogen and oxygen atoms in total. The topological polar surface area (TPSA) is 116 Å². The lowest BCUT2D eigenvalue weighted by atomic mass is 9.95. The van der Waals surface area contributed by atoms with Gasteiger partial charge in [-0.2, -0.15) is 0 Å². The SMILES string of the molecule is O=C(NC(CC1CC1)C(=O)N1CC(O)CC(C(=O)O)C1)OCC1c2ccccc2-c2ccccc21. The maximum absolute atomic E-state index is 13.3. The van der Waals surface area contributed by atoms with Crippen LogP contribution in [0.4, 0.5) is 4.79 Å². The van der Waals surface area contributed by atoms with E-state index < -0.39 is 30.1 Å². The van der Waals surface area contributed by atoms with E-state index in [1.54, 1.807) is 0 Å². The fourth-order valence-electron chi connectivity index (χ4n) is 5.34. The third-order valence-corrected chi connectivity index (χ3v) is 7.29. The summed E-state index contributed by atoms with van der Waals surface area (Å²) in [6.07, 6.45) is 1.02. The zero-order valence-corrected chi connectivity index (χ0v) is 19.4. The zero-order chi connectivity index (χ0) is 24.5. The summed E-state index contributed by atoms with van der Waals surface area (Å²) in [7, 11) is 0. The molecule has 5 rings (SSSR count). The Morgan fingerprint density at radius 2 is 1.63 bits per heavy atom. The molecule has 0 aromatic heterocycles. The quantitative estimate of drug-likeness (QED) is 0.563. The number of carbonyl (C=O) groups excluding carboxylic acids is 2. The highest BCUT2D eigenvalue weighted by Crippen LogP contribution is 2.44. The molecule has 2 amide bonds. The highest BCUT2D eigenvalue weighted by atomic mass is 16.5. The molecule has 2 aliphatic carbocycles. The van der Waals surface area contributed by atoms with Crippen LogP contribution in [0.1, 0.15) is 42.7 Å². The second-order valence-electron chi connectivity index (χ2n) is 9.87. The van der Waals surface area contributed by atoms with Crippen LogP contribution in [0.2, 0.25) is 0 Å². The van der Waals surface area contributed by atoms with E-state index in [1.165, 1.54) is 4.90 Å². The van der Waals surface area contributed by atoms with Crippen LogP contribution in [0.25, 0.3) is 11.1 Å². The second kappa shape index (κ2) is 9.70. The van der Waals surface area contributed by atoms with Gasteiger partial charge in [0, 0.05) is 19.0 Å². The molecule has 2 fully saturated rings. The Morgan fingerprint density at radius 3 is 2.23 bits per heavy atom. The van der Waals surface area contributed by atoms with Gasteiger partial charge in [-0.1, -0.05) is 61.4 Å². The number of nitrogens with one attached hydrogen (secondary N) is 1. The van der Waals surface area contributed by atoms with Gasteiger partial charge in [-0.05, 0) is 41.0 Å². The van der Waals surface area contributed by atoms with Gasteiger partial charge in [-0.25, -0.2) is 4.79 Å². The number of carboxylic acids is 1. The van der Waals surface area contributed by atoms with Crippen molar-refractivity contribution in [3.05, 3.63) is 59.7 Å². The minimum atomic E-state index is -1.04. The molecule has 0 bridgehead atoms. The molecule has 2 aromatic carbocycles. The van der Waals surface area contributed by atoms with E-state index >= 15 is 0 Å². The van der Waals surface area contributed by atoms with Crippen molar-refractivity contribution in [1.82, 2.24) is 10.2 Å². The van der Waals surface area contributed by atoms with Crippen LogP contribution in [0.3, 0.4) is 0 Å². The number of carbonyl (C=O) groups is 3. The van der Waals surface area contributed by atoms with E-state index in [2.05, 4.69) is 17.4 Å². The number of alkyl carbamates (subject to hydrolysis) is 1. The number of nitrogens with zero attached hydrogens (tertiary/aromatic N) is 1. The van der Waals surface area contributed by atoms with Gasteiger partial charge in [0.05, 0.1) is 12.0 Å². The number of β-amino-alcohol motifs (C(OH)–C–C–N with tert-alkyl or cyclic N) is 1. The number of ether oxygens (including phenoxy) is 1. The fourth-order valence-corrected chi connectivity index (χ4v) is 5.34. The number of amides is 2. The molecule has 1 saturated carbocycles. The van der Waals surface area contributed by atoms with Gasteiger partial charge < -0.3 is 25.2 Å². The van der Waals surface area contributed by atoms with Crippen molar-refractivity contribution in [2.24, 2.45) is 11.8 Å². The molecule has 1 aliphatic heterocycles. The first-order valence-electron chi connectivity index (χ1n) is 12.2. The molecule has 1 heterocycles. The first-order chi connectivity index (χ1) is 16.9. The zero-order valence-electron chi connectivity index (χ0n) is 19.4. The number of aliphatic hydroxyl groups is 1. The molecular weight excluding hydrogens is 448 g/mol. The third kappa shape index (κ3) is 5.03. The summed E-state index contributed by atoms with van der Waals surface area (Å²) in [6, 6.07) is 15.3. The Balaban J connectivity index is 1.25. The smallest absolute Gasteiger partial charge is 0.407 e. The number of fused-ring (bicyclic) bond motifs is 3. The number of aliphatic hydroxyl groups excluding tert-OH is 1. The van der Waals surface area contributed by atoms with E-state index in [4.69, 9.17) is 4.74 Å². The summed E-state index contributed by atoms with van der Waals surface area (Å²) >= 11 is 0. The number of carboxylic acid groups (broad SMARTS) is 1. The lowest BCUT2D eigenvalue weighted by Crippen LogP contribution is -2.55. The van der Waals surface area contributed by atoms with E-state index in [0.29, 0.717) is 12.3 Å². The summed E-state index contributed by atoms with van der Waals surface area (Å²) in [5, 5.41) is 22.2. The lowest BCUT2D eigenvalue weighted by Gasteiger charge is -2.36. The van der Waals surface area contributed by atoms with Crippen LogP contribution in [-0.4, -0.2) is 64.9 Å². The molecular formula is C27H30N2O6. The summed E-state index contributed by atoms with van der Waals surface area (Å²) in [4.78, 5) is 38.9. The van der Waals surface area contributed by atoms with Crippen LogP contribution >= 0.6 is 0 Å². The fraction of sp³-hybridized carbons (Fsp3) is 0.444. The van der Waals surface area contributed by atoms with Crippen molar-refractivity contribution in [3.8, 4) is 11.1 Å². The number of hydrogen-bond donors (Lipinski definition) is 3. The molecule has 35 heavy (non-hydrogen) atoms. The van der Waals surface area contributed by atoms with Gasteiger partial charge in [0.2, 0.25) is 5.91 Å². The summed E-state index contributed by atoms with van der Waals surface area (Å²) in [5.41, 5.74) is 4.48. The van der Waals surface area contributed by atoms with Crippen LogP contribution < -0.4 is 5.32 Å². The standard InChI is InChI=1S/C27H30N2O6/c30-18-12-17(26(32)33)13-29(14-18)25(31)24(11-16-9-10-16)28-27(34)35-15-23-21-7-3-1-5-19(21)20-6-2-4-8-22(20)23/h1-8,16-18,23-24,30H,9-15H2,(H,28,34)(H,32,33). The monoisotopic (exact) mass is 478 g/mol. The van der Waals surface area contributed by atoms with E-state index in [-0.39, 0.29) is 37.9 Å². The molecule has 2 aromatic rings. The van der Waals surface area contributed by atoms with Crippen molar-refractivity contribution >= 4 is 18.0 Å². The third-order valence-electron chi connectivity index (χ3n) is 7.29. The van der Waals surface area contributed by atoms with Crippen molar-refractivity contribution < 1.29 is 29.3 Å². The van der Waals surface area contributed by atoms with Crippen LogP contribution in [0, 0.1) is 11.8 Å². The van der Waals surface area contributed by atoms with E-state index in [1.807, 2.05) is 36.4 Å². The van der Waals surface area contributed by atoms with Gasteiger partial charge in [0.25, 0.3) is 0 Å². The van der Waals surface area contributed by atoms with Crippen LogP contribution in [0.5, 0.6) is 0 Å². The Bertz CT molecular complexity index is 1080. The molecule has 3 atom stereocenters. The minimum absolute atomic E-state index is 0.0266.